The first-order chi connectivity index (χ1) is 15.9. The molecule has 0 heterocycles. The van der Waals surface area contributed by atoms with Crippen molar-refractivity contribution in [2.45, 2.75) is 6.92 Å². The minimum Gasteiger partial charge on any atom is -0.497 e. The van der Waals surface area contributed by atoms with E-state index in [1.54, 1.807) is 55.6 Å². The number of methoxy groups -OCH3 is 1. The maximum absolute atomic E-state index is 12.8. The lowest BCUT2D eigenvalue weighted by Gasteiger charge is -2.12. The SMILES string of the molecule is COc1cccc(NC(=O)c2ccccc2NC(=O)CSCC(=O)Nc2ccc(C)cc2)c1. The largest absolute Gasteiger partial charge is 0.497 e. The van der Waals surface area contributed by atoms with Crippen molar-refractivity contribution in [2.75, 3.05) is 34.6 Å². The van der Waals surface area contributed by atoms with Crippen molar-refractivity contribution in [1.82, 2.24) is 0 Å². The second-order valence-electron chi connectivity index (χ2n) is 7.19. The quantitative estimate of drug-likeness (QED) is 0.432. The molecule has 3 aromatic rings. The zero-order valence-electron chi connectivity index (χ0n) is 18.4. The van der Waals surface area contributed by atoms with Gasteiger partial charge in [0.2, 0.25) is 11.8 Å². The smallest absolute Gasteiger partial charge is 0.257 e. The molecule has 0 radical (unpaired) electrons. The number of amides is 3. The van der Waals surface area contributed by atoms with Crippen LogP contribution in [0.4, 0.5) is 17.1 Å². The van der Waals surface area contributed by atoms with Crippen LogP contribution in [0.15, 0.2) is 72.8 Å². The van der Waals surface area contributed by atoms with Gasteiger partial charge in [-0.15, -0.1) is 11.8 Å². The molecule has 0 atom stereocenters. The summed E-state index contributed by atoms with van der Waals surface area (Å²) in [5.74, 6) is -0.00604. The number of thioether (sulfide) groups is 1. The van der Waals surface area contributed by atoms with Crippen molar-refractivity contribution in [3.05, 3.63) is 83.9 Å². The monoisotopic (exact) mass is 463 g/mol. The molecule has 170 valence electrons. The van der Waals surface area contributed by atoms with Crippen molar-refractivity contribution in [3.63, 3.8) is 0 Å². The Labute approximate surface area is 196 Å². The number of nitrogens with one attached hydrogen (secondary N) is 3. The van der Waals surface area contributed by atoms with Gasteiger partial charge in [-0.1, -0.05) is 35.9 Å². The van der Waals surface area contributed by atoms with Crippen LogP contribution < -0.4 is 20.7 Å². The third-order valence-corrected chi connectivity index (χ3v) is 5.51. The minimum atomic E-state index is -0.357. The van der Waals surface area contributed by atoms with Gasteiger partial charge in [-0.25, -0.2) is 0 Å². The zero-order valence-corrected chi connectivity index (χ0v) is 19.2. The van der Waals surface area contributed by atoms with Gasteiger partial charge in [0.1, 0.15) is 5.75 Å². The second kappa shape index (κ2) is 11.7. The van der Waals surface area contributed by atoms with E-state index in [-0.39, 0.29) is 29.2 Å². The minimum absolute atomic E-state index is 0.0765. The number of ether oxygens (including phenoxy) is 1. The fourth-order valence-corrected chi connectivity index (χ4v) is 3.56. The molecule has 3 aromatic carbocycles. The van der Waals surface area contributed by atoms with Crippen molar-refractivity contribution in [1.29, 1.82) is 0 Å². The highest BCUT2D eigenvalue weighted by atomic mass is 32.2. The lowest BCUT2D eigenvalue weighted by atomic mass is 10.1. The van der Waals surface area contributed by atoms with Crippen molar-refractivity contribution in [2.24, 2.45) is 0 Å². The number of para-hydroxylation sites is 1. The maximum atomic E-state index is 12.8. The van der Waals surface area contributed by atoms with Crippen LogP contribution in [0.5, 0.6) is 5.75 Å². The standard InChI is InChI=1S/C25H25N3O4S/c1-17-10-12-18(13-11-17)26-23(29)15-33-16-24(30)28-22-9-4-3-8-21(22)25(31)27-19-6-5-7-20(14-19)32-2/h3-14H,15-16H2,1-2H3,(H,26,29)(H,27,31)(H,28,30). The summed E-state index contributed by atoms with van der Waals surface area (Å²) in [6.45, 7) is 1.97. The molecule has 0 bridgehead atoms. The Kier molecular flexibility index (Phi) is 8.49. The third kappa shape index (κ3) is 7.40. The molecule has 3 rings (SSSR count). The molecule has 0 aliphatic rings. The van der Waals surface area contributed by atoms with Crippen LogP contribution in [0.1, 0.15) is 15.9 Å². The summed E-state index contributed by atoms with van der Waals surface area (Å²) in [5.41, 5.74) is 3.13. The predicted octanol–water partition coefficient (Wildman–Crippen LogP) is 4.57. The van der Waals surface area contributed by atoms with Crippen LogP contribution in [0.25, 0.3) is 0 Å². The molecule has 7 nitrogen and oxygen atoms in total. The summed E-state index contributed by atoms with van der Waals surface area (Å²) in [5, 5.41) is 8.35. The Morgan fingerprint density at radius 3 is 2.21 bits per heavy atom. The molecular weight excluding hydrogens is 438 g/mol. The second-order valence-corrected chi connectivity index (χ2v) is 8.17. The summed E-state index contributed by atoms with van der Waals surface area (Å²) in [6.07, 6.45) is 0. The first kappa shape index (κ1) is 23.9. The van der Waals surface area contributed by atoms with Crippen LogP contribution in [0.3, 0.4) is 0 Å². The van der Waals surface area contributed by atoms with Gasteiger partial charge in [0.25, 0.3) is 5.91 Å². The van der Waals surface area contributed by atoms with Crippen LogP contribution in [-0.4, -0.2) is 36.3 Å². The van der Waals surface area contributed by atoms with E-state index in [0.717, 1.165) is 5.56 Å². The van der Waals surface area contributed by atoms with E-state index < -0.39 is 0 Å². The molecule has 0 aliphatic heterocycles. The van der Waals surface area contributed by atoms with E-state index in [0.29, 0.717) is 28.4 Å². The molecule has 0 saturated heterocycles. The molecule has 33 heavy (non-hydrogen) atoms. The predicted molar refractivity (Wildman–Crippen MR) is 133 cm³/mol. The molecule has 0 aliphatic carbocycles. The molecule has 0 fully saturated rings. The highest BCUT2D eigenvalue weighted by Gasteiger charge is 2.14. The van der Waals surface area contributed by atoms with Gasteiger partial charge < -0.3 is 20.7 Å². The number of benzene rings is 3. The summed E-state index contributed by atoms with van der Waals surface area (Å²) in [4.78, 5) is 37.2. The number of rotatable bonds is 9. The average molecular weight is 464 g/mol. The van der Waals surface area contributed by atoms with E-state index in [4.69, 9.17) is 4.74 Å². The number of carbonyl (C=O) groups is 3. The highest BCUT2D eigenvalue weighted by Crippen LogP contribution is 2.21. The molecule has 0 saturated carbocycles. The van der Waals surface area contributed by atoms with Gasteiger partial charge in [-0.2, -0.15) is 0 Å². The molecule has 0 spiro atoms. The highest BCUT2D eigenvalue weighted by molar-refractivity contribution is 8.00. The van der Waals surface area contributed by atoms with Crippen molar-refractivity contribution >= 4 is 46.5 Å². The number of aryl methyl sites for hydroxylation is 1. The topological polar surface area (TPSA) is 96.5 Å². The van der Waals surface area contributed by atoms with Gasteiger partial charge in [-0.3, -0.25) is 14.4 Å². The van der Waals surface area contributed by atoms with Crippen molar-refractivity contribution in [3.8, 4) is 5.75 Å². The molecule has 3 amide bonds. The summed E-state index contributed by atoms with van der Waals surface area (Å²) in [7, 11) is 1.55. The number of anilines is 3. The number of carbonyl (C=O) groups excluding carboxylic acids is 3. The van der Waals surface area contributed by atoms with Gasteiger partial charge in [0.05, 0.1) is 29.9 Å². The first-order valence-electron chi connectivity index (χ1n) is 10.2. The zero-order chi connectivity index (χ0) is 23.6. The van der Waals surface area contributed by atoms with E-state index in [1.165, 1.54) is 11.8 Å². The Morgan fingerprint density at radius 2 is 1.48 bits per heavy atom. The van der Waals surface area contributed by atoms with Gasteiger partial charge in [0.15, 0.2) is 0 Å². The number of hydrogen-bond donors (Lipinski definition) is 3. The lowest BCUT2D eigenvalue weighted by molar-refractivity contribution is -0.114. The molecule has 0 unspecified atom stereocenters. The Hall–Kier alpha value is -3.78. The van der Waals surface area contributed by atoms with E-state index in [1.807, 2.05) is 31.2 Å². The van der Waals surface area contributed by atoms with E-state index in [2.05, 4.69) is 16.0 Å². The van der Waals surface area contributed by atoms with Crippen LogP contribution in [0, 0.1) is 6.92 Å². The lowest BCUT2D eigenvalue weighted by Crippen LogP contribution is -2.21. The van der Waals surface area contributed by atoms with Gasteiger partial charge in [0, 0.05) is 17.4 Å². The Bertz CT molecular complexity index is 1130. The summed E-state index contributed by atoms with van der Waals surface area (Å²) < 4.78 is 5.17. The van der Waals surface area contributed by atoms with E-state index in [9.17, 15) is 14.4 Å². The normalized spacial score (nSPS) is 10.2. The van der Waals surface area contributed by atoms with Crippen molar-refractivity contribution < 1.29 is 19.1 Å². The fraction of sp³-hybridized carbons (Fsp3) is 0.160. The van der Waals surface area contributed by atoms with Gasteiger partial charge >= 0.3 is 0 Å². The fourth-order valence-electron chi connectivity index (χ4n) is 2.95. The Balaban J connectivity index is 1.52. The van der Waals surface area contributed by atoms with Crippen LogP contribution in [0.2, 0.25) is 0 Å². The van der Waals surface area contributed by atoms with Crippen LogP contribution in [-0.2, 0) is 9.59 Å². The third-order valence-electron chi connectivity index (χ3n) is 4.58. The molecule has 0 aromatic heterocycles. The first-order valence-corrected chi connectivity index (χ1v) is 11.4. The molecule has 3 N–H and O–H groups in total. The molecule has 8 heteroatoms. The number of hydrogen-bond acceptors (Lipinski definition) is 5. The summed E-state index contributed by atoms with van der Waals surface area (Å²) >= 11 is 1.19. The maximum Gasteiger partial charge on any atom is 0.257 e. The van der Waals surface area contributed by atoms with Gasteiger partial charge in [-0.05, 0) is 43.3 Å². The summed E-state index contributed by atoms with van der Waals surface area (Å²) in [6, 6.07) is 21.3. The van der Waals surface area contributed by atoms with E-state index >= 15 is 0 Å². The van der Waals surface area contributed by atoms with Crippen LogP contribution >= 0.6 is 11.8 Å². The average Bonchev–Trinajstić information content (AvgIpc) is 2.81. The molecular formula is C25H25N3O4S. The Morgan fingerprint density at radius 1 is 0.788 bits per heavy atom.